The number of rotatable bonds is 13. The van der Waals surface area contributed by atoms with Crippen LogP contribution in [0.2, 0.25) is 0 Å². The Kier molecular flexibility index (Phi) is 9.64. The van der Waals surface area contributed by atoms with Gasteiger partial charge in [0.05, 0.1) is 25.0 Å². The number of carbonyl (C=O) groups is 4. The van der Waals surface area contributed by atoms with Gasteiger partial charge in [0.2, 0.25) is 11.8 Å². The lowest BCUT2D eigenvalue weighted by Crippen LogP contribution is -2.52. The summed E-state index contributed by atoms with van der Waals surface area (Å²) < 4.78 is 10.6. The lowest BCUT2D eigenvalue weighted by molar-refractivity contribution is -0.135. The molecule has 0 saturated carbocycles. The number of imide groups is 2. The summed E-state index contributed by atoms with van der Waals surface area (Å²) in [6.45, 7) is 12.7. The van der Waals surface area contributed by atoms with Crippen molar-refractivity contribution in [3.8, 4) is 11.5 Å². The van der Waals surface area contributed by atoms with Gasteiger partial charge in [0.15, 0.2) is 0 Å². The molecule has 0 aromatic heterocycles. The quantitative estimate of drug-likeness (QED) is 0.244. The molecule has 232 valence electrons. The predicted molar refractivity (Wildman–Crippen MR) is 165 cm³/mol. The number of fused-ring (bicyclic) bond motifs is 2. The van der Waals surface area contributed by atoms with Crippen LogP contribution < -0.4 is 9.47 Å². The minimum atomic E-state index is -0.803. The van der Waals surface area contributed by atoms with Crippen molar-refractivity contribution < 1.29 is 28.7 Å². The fourth-order valence-electron chi connectivity index (χ4n) is 6.24. The molecule has 0 aliphatic carbocycles. The zero-order chi connectivity index (χ0) is 31.5. The van der Waals surface area contributed by atoms with Crippen LogP contribution in [0.5, 0.6) is 11.5 Å². The maximum Gasteiger partial charge on any atom is 0.260 e. The molecule has 43 heavy (non-hydrogen) atoms. The molecule has 9 nitrogen and oxygen atoms in total. The van der Waals surface area contributed by atoms with Crippen molar-refractivity contribution >= 4 is 23.6 Å². The molecule has 2 aromatic rings. The van der Waals surface area contributed by atoms with Gasteiger partial charge in [0, 0.05) is 24.2 Å². The van der Waals surface area contributed by atoms with Crippen molar-refractivity contribution in [1.82, 2.24) is 14.7 Å². The van der Waals surface area contributed by atoms with Gasteiger partial charge in [-0.15, -0.1) is 0 Å². The molecule has 0 atom stereocenters. The number of ether oxygens (including phenoxy) is 2. The Labute approximate surface area is 255 Å². The van der Waals surface area contributed by atoms with E-state index in [1.165, 1.54) is 9.80 Å². The Bertz CT molecular complexity index is 1400. The number of amides is 4. The minimum absolute atomic E-state index is 0.182. The molecule has 4 rings (SSSR count). The zero-order valence-electron chi connectivity index (χ0n) is 26.6. The number of hydrogen-bond acceptors (Lipinski definition) is 7. The number of nitrogens with zero attached hydrogens (tertiary/aromatic N) is 3. The first-order valence-electron chi connectivity index (χ1n) is 15.2. The summed E-state index contributed by atoms with van der Waals surface area (Å²) in [5.74, 6) is 0.258. The van der Waals surface area contributed by atoms with Crippen LogP contribution in [0.4, 0.5) is 0 Å². The predicted octanol–water partition coefficient (Wildman–Crippen LogP) is 4.81. The topological polar surface area (TPSA) is 96.5 Å². The largest absolute Gasteiger partial charge is 0.497 e. The molecule has 2 heterocycles. The van der Waals surface area contributed by atoms with Crippen molar-refractivity contribution in [3.05, 3.63) is 58.7 Å². The lowest BCUT2D eigenvalue weighted by atomic mass is 9.77. The van der Waals surface area contributed by atoms with E-state index in [4.69, 9.17) is 9.47 Å². The molecule has 0 spiro atoms. The number of methoxy groups -OCH3 is 2. The standard InChI is InChI=1S/C34H45N3O6/c1-8-16-35(18-11-20-37-30(39)26-22-24(43-7)13-15-28(26)34(4,5)32(37)41)17-9-10-19-36-29(38)25-21-23(42-6)12-14-27(25)33(2,3)31(36)40/h12-15,21-22H,8-11,16-20H2,1-7H3. The summed E-state index contributed by atoms with van der Waals surface area (Å²) in [7, 11) is 3.12. The molecule has 0 bridgehead atoms. The van der Waals surface area contributed by atoms with E-state index in [1.54, 1.807) is 38.5 Å². The Hall–Kier alpha value is -3.72. The third-order valence-electron chi connectivity index (χ3n) is 8.81. The monoisotopic (exact) mass is 591 g/mol. The van der Waals surface area contributed by atoms with Crippen LogP contribution in [0.25, 0.3) is 0 Å². The number of unbranched alkanes of at least 4 members (excludes halogenated alkanes) is 1. The summed E-state index contributed by atoms with van der Waals surface area (Å²) in [5.41, 5.74) is 0.882. The molecule has 9 heteroatoms. The summed E-state index contributed by atoms with van der Waals surface area (Å²) in [6.07, 6.45) is 3.12. The highest BCUT2D eigenvalue weighted by atomic mass is 16.5. The van der Waals surface area contributed by atoms with Gasteiger partial charge < -0.3 is 14.4 Å². The molecule has 0 fully saturated rings. The Morgan fingerprint density at radius 1 is 0.651 bits per heavy atom. The van der Waals surface area contributed by atoms with Crippen molar-refractivity contribution in [3.63, 3.8) is 0 Å². The summed E-state index contributed by atoms with van der Waals surface area (Å²) in [6, 6.07) is 10.6. The van der Waals surface area contributed by atoms with Crippen molar-refractivity contribution in [1.29, 1.82) is 0 Å². The number of hydrogen-bond donors (Lipinski definition) is 0. The highest BCUT2D eigenvalue weighted by Gasteiger charge is 2.45. The van der Waals surface area contributed by atoms with E-state index in [2.05, 4.69) is 11.8 Å². The molecule has 2 aliphatic rings. The van der Waals surface area contributed by atoms with E-state index >= 15 is 0 Å². The van der Waals surface area contributed by atoms with E-state index in [1.807, 2.05) is 39.8 Å². The molecule has 0 radical (unpaired) electrons. The first-order valence-corrected chi connectivity index (χ1v) is 15.2. The molecule has 0 saturated heterocycles. The Morgan fingerprint density at radius 3 is 1.53 bits per heavy atom. The average molecular weight is 592 g/mol. The molecule has 2 aromatic carbocycles. The molecule has 2 aliphatic heterocycles. The smallest absolute Gasteiger partial charge is 0.260 e. The third-order valence-corrected chi connectivity index (χ3v) is 8.81. The van der Waals surface area contributed by atoms with Crippen LogP contribution in [-0.2, 0) is 20.4 Å². The van der Waals surface area contributed by atoms with E-state index in [0.29, 0.717) is 48.6 Å². The molecular weight excluding hydrogens is 546 g/mol. The first kappa shape index (κ1) is 32.2. The van der Waals surface area contributed by atoms with Gasteiger partial charge in [-0.05, 0) is 108 Å². The maximum atomic E-state index is 13.3. The number of carbonyl (C=O) groups excluding carboxylic acids is 4. The molecule has 4 amide bonds. The van der Waals surface area contributed by atoms with Crippen LogP contribution in [0.15, 0.2) is 36.4 Å². The second-order valence-corrected chi connectivity index (χ2v) is 12.5. The van der Waals surface area contributed by atoms with Gasteiger partial charge in [-0.3, -0.25) is 29.0 Å². The van der Waals surface area contributed by atoms with Gasteiger partial charge in [-0.1, -0.05) is 19.1 Å². The van der Waals surface area contributed by atoms with Gasteiger partial charge >= 0.3 is 0 Å². The van der Waals surface area contributed by atoms with E-state index < -0.39 is 10.8 Å². The maximum absolute atomic E-state index is 13.3. The molecule has 0 unspecified atom stereocenters. The third kappa shape index (κ3) is 6.18. The second-order valence-electron chi connectivity index (χ2n) is 12.5. The summed E-state index contributed by atoms with van der Waals surface area (Å²) in [5, 5.41) is 0. The number of benzene rings is 2. The highest BCUT2D eigenvalue weighted by molar-refractivity contribution is 6.13. The zero-order valence-corrected chi connectivity index (χ0v) is 26.6. The second kappa shape index (κ2) is 12.9. The van der Waals surface area contributed by atoms with Crippen LogP contribution in [-0.4, -0.2) is 85.3 Å². The van der Waals surface area contributed by atoms with E-state index in [9.17, 15) is 19.2 Å². The SMILES string of the molecule is CCCN(CCCCN1C(=O)c2cc(OC)ccc2C(C)(C)C1=O)CCCN1C(=O)c2cc(OC)ccc2C(C)(C)C1=O. The normalized spacial score (nSPS) is 17.3. The molecular formula is C34H45N3O6. The van der Waals surface area contributed by atoms with Gasteiger partial charge in [0.25, 0.3) is 11.8 Å². The lowest BCUT2D eigenvalue weighted by Gasteiger charge is -2.38. The van der Waals surface area contributed by atoms with E-state index in [0.717, 1.165) is 43.6 Å². The van der Waals surface area contributed by atoms with Crippen molar-refractivity contribution in [2.45, 2.75) is 71.1 Å². The highest BCUT2D eigenvalue weighted by Crippen LogP contribution is 2.37. The fraction of sp³-hybridized carbons (Fsp3) is 0.529. The minimum Gasteiger partial charge on any atom is -0.497 e. The van der Waals surface area contributed by atoms with Crippen LogP contribution in [0, 0.1) is 0 Å². The Morgan fingerprint density at radius 2 is 1.09 bits per heavy atom. The first-order chi connectivity index (χ1) is 20.4. The van der Waals surface area contributed by atoms with Crippen molar-refractivity contribution in [2.75, 3.05) is 46.9 Å². The van der Waals surface area contributed by atoms with Crippen LogP contribution >= 0.6 is 0 Å². The molecule has 0 N–H and O–H groups in total. The van der Waals surface area contributed by atoms with Crippen LogP contribution in [0.1, 0.15) is 92.1 Å². The van der Waals surface area contributed by atoms with Crippen LogP contribution in [0.3, 0.4) is 0 Å². The average Bonchev–Trinajstić information content (AvgIpc) is 2.99. The summed E-state index contributed by atoms with van der Waals surface area (Å²) in [4.78, 5) is 58.4. The Balaban J connectivity index is 1.33. The summed E-state index contributed by atoms with van der Waals surface area (Å²) >= 11 is 0. The fourth-order valence-corrected chi connectivity index (χ4v) is 6.24. The van der Waals surface area contributed by atoms with Gasteiger partial charge in [0.1, 0.15) is 11.5 Å². The van der Waals surface area contributed by atoms with Crippen molar-refractivity contribution in [2.24, 2.45) is 0 Å². The van der Waals surface area contributed by atoms with E-state index in [-0.39, 0.29) is 23.6 Å². The van der Waals surface area contributed by atoms with Gasteiger partial charge in [-0.2, -0.15) is 0 Å². The van der Waals surface area contributed by atoms with Gasteiger partial charge in [-0.25, -0.2) is 0 Å².